The Morgan fingerprint density at radius 2 is 2.05 bits per heavy atom. The third-order valence-corrected chi connectivity index (χ3v) is 3.21. The molecule has 0 aliphatic heterocycles. The molecule has 0 bridgehead atoms. The van der Waals surface area contributed by atoms with E-state index in [0.29, 0.717) is 11.6 Å². The first-order valence-electron chi connectivity index (χ1n) is 6.13. The summed E-state index contributed by atoms with van der Waals surface area (Å²) in [7, 11) is 1.97. The molecule has 0 unspecified atom stereocenters. The van der Waals surface area contributed by atoms with Crippen LogP contribution in [-0.2, 0) is 13.2 Å². The number of aliphatic hydroxyl groups excluding tert-OH is 1. The summed E-state index contributed by atoms with van der Waals surface area (Å²) in [5.41, 5.74) is 3.78. The Balaban J connectivity index is 2.24. The topological polar surface area (TPSA) is 36.4 Å². The molecule has 2 aromatic rings. The predicted molar refractivity (Wildman–Crippen MR) is 78.5 cm³/mol. The molecule has 3 nitrogen and oxygen atoms in total. The van der Waals surface area contributed by atoms with Crippen LogP contribution >= 0.6 is 11.6 Å². The van der Waals surface area contributed by atoms with E-state index in [1.54, 1.807) is 6.07 Å². The Hall–Kier alpha value is -1.58. The standard InChI is InChI=1S/C15H17ClN2O/c1-11-4-3-5-14(17-11)9-18(2)15-8-13(16)7-6-12(15)10-19/h3-8,19H,9-10H2,1-2H3. The van der Waals surface area contributed by atoms with E-state index in [1.807, 2.05) is 49.2 Å². The van der Waals surface area contributed by atoms with Crippen LogP contribution in [0.4, 0.5) is 5.69 Å². The molecule has 1 aromatic carbocycles. The van der Waals surface area contributed by atoms with Gasteiger partial charge >= 0.3 is 0 Å². The molecular formula is C15H17ClN2O. The zero-order valence-electron chi connectivity index (χ0n) is 11.1. The third kappa shape index (κ3) is 3.46. The Morgan fingerprint density at radius 3 is 2.74 bits per heavy atom. The molecule has 0 aliphatic carbocycles. The zero-order valence-corrected chi connectivity index (χ0v) is 11.9. The molecule has 1 N–H and O–H groups in total. The number of aromatic nitrogens is 1. The van der Waals surface area contributed by atoms with Gasteiger partial charge in [0, 0.05) is 29.0 Å². The van der Waals surface area contributed by atoms with Gasteiger partial charge in [-0.3, -0.25) is 4.98 Å². The highest BCUT2D eigenvalue weighted by molar-refractivity contribution is 6.30. The Morgan fingerprint density at radius 1 is 1.26 bits per heavy atom. The summed E-state index contributed by atoms with van der Waals surface area (Å²) in [6.07, 6.45) is 0. The molecule has 0 saturated heterocycles. The number of hydrogen-bond acceptors (Lipinski definition) is 3. The van der Waals surface area contributed by atoms with Gasteiger partial charge < -0.3 is 10.0 Å². The second-order valence-corrected chi connectivity index (χ2v) is 4.99. The first-order chi connectivity index (χ1) is 9.10. The first-order valence-corrected chi connectivity index (χ1v) is 6.51. The van der Waals surface area contributed by atoms with Gasteiger partial charge in [0.05, 0.1) is 18.8 Å². The molecule has 1 aromatic heterocycles. The summed E-state index contributed by atoms with van der Waals surface area (Å²) in [4.78, 5) is 6.52. The van der Waals surface area contributed by atoms with Crippen LogP contribution in [0.15, 0.2) is 36.4 Å². The molecule has 0 saturated carbocycles. The van der Waals surface area contributed by atoms with Crippen molar-refractivity contribution in [2.75, 3.05) is 11.9 Å². The second kappa shape index (κ2) is 6.04. The van der Waals surface area contributed by atoms with Crippen molar-refractivity contribution < 1.29 is 5.11 Å². The average molecular weight is 277 g/mol. The summed E-state index contributed by atoms with van der Waals surface area (Å²) >= 11 is 6.02. The normalized spacial score (nSPS) is 10.5. The summed E-state index contributed by atoms with van der Waals surface area (Å²) in [6.45, 7) is 2.65. The fourth-order valence-corrected chi connectivity index (χ4v) is 2.21. The number of aliphatic hydroxyl groups is 1. The van der Waals surface area contributed by atoms with E-state index in [9.17, 15) is 5.11 Å². The number of benzene rings is 1. The van der Waals surface area contributed by atoms with Gasteiger partial charge in [0.2, 0.25) is 0 Å². The second-order valence-electron chi connectivity index (χ2n) is 4.56. The van der Waals surface area contributed by atoms with Crippen molar-refractivity contribution in [3.63, 3.8) is 0 Å². The lowest BCUT2D eigenvalue weighted by atomic mass is 10.1. The highest BCUT2D eigenvalue weighted by Crippen LogP contribution is 2.25. The van der Waals surface area contributed by atoms with Gasteiger partial charge in [-0.2, -0.15) is 0 Å². The average Bonchev–Trinajstić information content (AvgIpc) is 2.38. The van der Waals surface area contributed by atoms with Gasteiger partial charge in [0.25, 0.3) is 0 Å². The maximum Gasteiger partial charge on any atom is 0.0702 e. The van der Waals surface area contributed by atoms with E-state index >= 15 is 0 Å². The van der Waals surface area contributed by atoms with Crippen molar-refractivity contribution in [3.8, 4) is 0 Å². The van der Waals surface area contributed by atoms with Gasteiger partial charge in [-0.15, -0.1) is 0 Å². The van der Waals surface area contributed by atoms with Crippen molar-refractivity contribution in [2.45, 2.75) is 20.1 Å². The van der Waals surface area contributed by atoms with E-state index in [-0.39, 0.29) is 6.61 Å². The number of aryl methyl sites for hydroxylation is 1. The lowest BCUT2D eigenvalue weighted by molar-refractivity contribution is 0.282. The van der Waals surface area contributed by atoms with E-state index in [1.165, 1.54) is 0 Å². The minimum atomic E-state index is -0.00190. The molecule has 0 aliphatic rings. The summed E-state index contributed by atoms with van der Waals surface area (Å²) in [6, 6.07) is 11.5. The molecule has 0 amide bonds. The molecule has 0 spiro atoms. The molecular weight excluding hydrogens is 260 g/mol. The molecule has 0 fully saturated rings. The van der Waals surface area contributed by atoms with Gasteiger partial charge in [-0.25, -0.2) is 0 Å². The van der Waals surface area contributed by atoms with Crippen LogP contribution in [0.1, 0.15) is 17.0 Å². The number of pyridine rings is 1. The van der Waals surface area contributed by atoms with Crippen molar-refractivity contribution in [3.05, 3.63) is 58.4 Å². The number of anilines is 1. The van der Waals surface area contributed by atoms with Crippen LogP contribution in [0.5, 0.6) is 0 Å². The van der Waals surface area contributed by atoms with Gasteiger partial charge in [-0.1, -0.05) is 23.7 Å². The van der Waals surface area contributed by atoms with Crippen LogP contribution in [0.25, 0.3) is 0 Å². The van der Waals surface area contributed by atoms with Crippen molar-refractivity contribution in [1.29, 1.82) is 0 Å². The Kier molecular flexibility index (Phi) is 4.40. The van der Waals surface area contributed by atoms with Crippen LogP contribution in [-0.4, -0.2) is 17.1 Å². The number of hydrogen-bond donors (Lipinski definition) is 1. The highest BCUT2D eigenvalue weighted by Gasteiger charge is 2.09. The maximum atomic E-state index is 9.38. The molecule has 100 valence electrons. The van der Waals surface area contributed by atoms with E-state index < -0.39 is 0 Å². The third-order valence-electron chi connectivity index (χ3n) is 2.97. The fraction of sp³-hybridized carbons (Fsp3) is 0.267. The fourth-order valence-electron chi connectivity index (χ4n) is 2.04. The predicted octanol–water partition coefficient (Wildman–Crippen LogP) is 3.17. The minimum Gasteiger partial charge on any atom is -0.392 e. The minimum absolute atomic E-state index is 0.00190. The lowest BCUT2D eigenvalue weighted by Gasteiger charge is -2.22. The van der Waals surface area contributed by atoms with Gasteiger partial charge in [0.15, 0.2) is 0 Å². The number of nitrogens with zero attached hydrogens (tertiary/aromatic N) is 2. The molecule has 2 rings (SSSR count). The maximum absolute atomic E-state index is 9.38. The smallest absolute Gasteiger partial charge is 0.0702 e. The van der Waals surface area contributed by atoms with E-state index in [4.69, 9.17) is 11.6 Å². The van der Waals surface area contributed by atoms with E-state index in [0.717, 1.165) is 22.6 Å². The van der Waals surface area contributed by atoms with Crippen LogP contribution in [0.2, 0.25) is 5.02 Å². The largest absolute Gasteiger partial charge is 0.392 e. The first kappa shape index (κ1) is 13.8. The zero-order chi connectivity index (χ0) is 13.8. The quantitative estimate of drug-likeness (QED) is 0.932. The van der Waals surface area contributed by atoms with Crippen LogP contribution < -0.4 is 4.90 Å². The molecule has 19 heavy (non-hydrogen) atoms. The Labute approximate surface area is 118 Å². The molecule has 0 atom stereocenters. The number of rotatable bonds is 4. The summed E-state index contributed by atoms with van der Waals surface area (Å²) < 4.78 is 0. The molecule has 4 heteroatoms. The lowest BCUT2D eigenvalue weighted by Crippen LogP contribution is -2.19. The summed E-state index contributed by atoms with van der Waals surface area (Å²) in [5, 5.41) is 10.0. The SMILES string of the molecule is Cc1cccc(CN(C)c2cc(Cl)ccc2CO)n1. The van der Waals surface area contributed by atoms with E-state index in [2.05, 4.69) is 4.98 Å². The highest BCUT2D eigenvalue weighted by atomic mass is 35.5. The van der Waals surface area contributed by atoms with Crippen molar-refractivity contribution in [1.82, 2.24) is 4.98 Å². The Bertz CT molecular complexity index is 572. The molecule has 0 radical (unpaired) electrons. The van der Waals surface area contributed by atoms with Gasteiger partial charge in [-0.05, 0) is 31.2 Å². The summed E-state index contributed by atoms with van der Waals surface area (Å²) in [5.74, 6) is 0. The van der Waals surface area contributed by atoms with Crippen molar-refractivity contribution in [2.24, 2.45) is 0 Å². The monoisotopic (exact) mass is 276 g/mol. The van der Waals surface area contributed by atoms with Crippen LogP contribution in [0.3, 0.4) is 0 Å². The van der Waals surface area contributed by atoms with Crippen LogP contribution in [0, 0.1) is 6.92 Å². The van der Waals surface area contributed by atoms with Gasteiger partial charge in [0.1, 0.15) is 0 Å². The molecule has 1 heterocycles. The number of halogens is 1. The van der Waals surface area contributed by atoms with Crippen molar-refractivity contribution >= 4 is 17.3 Å².